The molecular formula is C19H15NO4. The molecule has 2 aromatic carbocycles. The van der Waals surface area contributed by atoms with Crippen molar-refractivity contribution < 1.29 is 19.1 Å². The van der Waals surface area contributed by atoms with Crippen molar-refractivity contribution in [1.29, 1.82) is 5.26 Å². The molecule has 0 saturated carbocycles. The molecule has 0 atom stereocenters. The molecule has 5 nitrogen and oxygen atoms in total. The third-order valence-corrected chi connectivity index (χ3v) is 3.46. The van der Waals surface area contributed by atoms with Gasteiger partial charge in [-0.2, -0.15) is 5.26 Å². The molecule has 24 heavy (non-hydrogen) atoms. The minimum absolute atomic E-state index is 0.307. The van der Waals surface area contributed by atoms with Crippen molar-refractivity contribution in [3.05, 3.63) is 65.2 Å². The predicted octanol–water partition coefficient (Wildman–Crippen LogP) is 3.46. The van der Waals surface area contributed by atoms with Crippen LogP contribution in [0.4, 0.5) is 0 Å². The smallest absolute Gasteiger partial charge is 0.338 e. The van der Waals surface area contributed by atoms with Gasteiger partial charge in [-0.3, -0.25) is 0 Å². The van der Waals surface area contributed by atoms with E-state index in [1.807, 2.05) is 6.07 Å². The number of allylic oxidation sites excluding steroid dienone is 1. The first-order valence-electron chi connectivity index (χ1n) is 7.09. The maximum Gasteiger partial charge on any atom is 0.338 e. The van der Waals surface area contributed by atoms with E-state index < -0.39 is 11.9 Å². The summed E-state index contributed by atoms with van der Waals surface area (Å²) in [6, 6.07) is 13.9. The number of carbonyl (C=O) groups is 2. The quantitative estimate of drug-likeness (QED) is 0.636. The molecule has 0 amide bonds. The highest BCUT2D eigenvalue weighted by atomic mass is 16.5. The molecule has 0 bridgehead atoms. The SMILES string of the molecule is COC(=O)c1ccccc1-c1cccc(C(=O)OC)c1/C=C/C#N. The Bertz CT molecular complexity index is 847. The van der Waals surface area contributed by atoms with Gasteiger partial charge in [0.25, 0.3) is 0 Å². The van der Waals surface area contributed by atoms with Gasteiger partial charge in [0, 0.05) is 6.08 Å². The third kappa shape index (κ3) is 3.33. The lowest BCUT2D eigenvalue weighted by Gasteiger charge is -2.13. The average molecular weight is 321 g/mol. The molecule has 0 heterocycles. The molecule has 0 aliphatic heterocycles. The van der Waals surface area contributed by atoms with Crippen molar-refractivity contribution in [1.82, 2.24) is 0 Å². The Morgan fingerprint density at radius 2 is 1.50 bits per heavy atom. The predicted molar refractivity (Wildman–Crippen MR) is 89.2 cm³/mol. The van der Waals surface area contributed by atoms with Crippen LogP contribution >= 0.6 is 0 Å². The fourth-order valence-electron chi connectivity index (χ4n) is 2.39. The largest absolute Gasteiger partial charge is 0.465 e. The van der Waals surface area contributed by atoms with Gasteiger partial charge in [0.2, 0.25) is 0 Å². The number of hydrogen-bond acceptors (Lipinski definition) is 5. The summed E-state index contributed by atoms with van der Waals surface area (Å²) in [5.41, 5.74) is 2.41. The van der Waals surface area contributed by atoms with Crippen LogP contribution in [-0.4, -0.2) is 26.2 Å². The second-order valence-electron chi connectivity index (χ2n) is 4.76. The van der Waals surface area contributed by atoms with E-state index in [4.69, 9.17) is 14.7 Å². The van der Waals surface area contributed by atoms with E-state index >= 15 is 0 Å². The molecular weight excluding hydrogens is 306 g/mol. The van der Waals surface area contributed by atoms with Gasteiger partial charge in [0.1, 0.15) is 0 Å². The summed E-state index contributed by atoms with van der Waals surface area (Å²) in [6.07, 6.45) is 2.79. The normalized spacial score (nSPS) is 10.2. The highest BCUT2D eigenvalue weighted by molar-refractivity contribution is 6.02. The summed E-state index contributed by atoms with van der Waals surface area (Å²) in [4.78, 5) is 24.0. The minimum atomic E-state index is -0.523. The molecule has 0 saturated heterocycles. The molecule has 0 aromatic heterocycles. The monoisotopic (exact) mass is 321 g/mol. The van der Waals surface area contributed by atoms with Gasteiger partial charge in [-0.25, -0.2) is 9.59 Å². The zero-order chi connectivity index (χ0) is 17.5. The van der Waals surface area contributed by atoms with Gasteiger partial charge in [-0.1, -0.05) is 30.3 Å². The lowest BCUT2D eigenvalue weighted by Crippen LogP contribution is -2.07. The fraction of sp³-hybridized carbons (Fsp3) is 0.105. The standard InChI is InChI=1S/C19H15NO4/c1-23-18(21)16-8-4-3-7-14(16)13-9-5-10-17(19(22)24-2)15(13)11-6-12-20/h3-11H,1-2H3/b11-6+. The van der Waals surface area contributed by atoms with E-state index in [-0.39, 0.29) is 0 Å². The second kappa shape index (κ2) is 7.75. The van der Waals surface area contributed by atoms with Crippen molar-refractivity contribution in [3.63, 3.8) is 0 Å². The van der Waals surface area contributed by atoms with Crippen LogP contribution in [0.2, 0.25) is 0 Å². The van der Waals surface area contributed by atoms with Gasteiger partial charge in [-0.15, -0.1) is 0 Å². The molecule has 5 heteroatoms. The molecule has 2 aromatic rings. The number of hydrogen-bond donors (Lipinski definition) is 0. The van der Waals surface area contributed by atoms with Crippen molar-refractivity contribution in [2.45, 2.75) is 0 Å². The maximum absolute atomic E-state index is 12.0. The molecule has 0 fully saturated rings. The Morgan fingerprint density at radius 3 is 2.17 bits per heavy atom. The lowest BCUT2D eigenvalue weighted by atomic mass is 9.92. The van der Waals surface area contributed by atoms with E-state index in [9.17, 15) is 9.59 Å². The lowest BCUT2D eigenvalue weighted by molar-refractivity contribution is 0.0593. The van der Waals surface area contributed by atoms with Crippen molar-refractivity contribution in [2.75, 3.05) is 14.2 Å². The zero-order valence-corrected chi connectivity index (χ0v) is 13.3. The number of nitriles is 1. The van der Waals surface area contributed by atoms with Gasteiger partial charge in [-0.05, 0) is 34.9 Å². The van der Waals surface area contributed by atoms with Crippen LogP contribution in [0.3, 0.4) is 0 Å². The number of benzene rings is 2. The Labute approximate surface area is 139 Å². The topological polar surface area (TPSA) is 76.4 Å². The molecule has 0 aliphatic rings. The number of carbonyl (C=O) groups excluding carboxylic acids is 2. The van der Waals surface area contributed by atoms with E-state index in [2.05, 4.69) is 0 Å². The van der Waals surface area contributed by atoms with Crippen LogP contribution in [0.1, 0.15) is 26.3 Å². The number of esters is 2. The molecule has 2 rings (SSSR count). The fourth-order valence-corrected chi connectivity index (χ4v) is 2.39. The molecule has 120 valence electrons. The number of nitrogens with zero attached hydrogens (tertiary/aromatic N) is 1. The average Bonchev–Trinajstić information content (AvgIpc) is 2.64. The van der Waals surface area contributed by atoms with E-state index in [1.54, 1.807) is 42.5 Å². The molecule has 0 radical (unpaired) electrons. The molecule has 0 unspecified atom stereocenters. The summed E-state index contributed by atoms with van der Waals surface area (Å²) < 4.78 is 9.62. The van der Waals surface area contributed by atoms with E-state index in [1.165, 1.54) is 26.4 Å². The maximum atomic E-state index is 12.0. The van der Waals surface area contributed by atoms with Gasteiger partial charge < -0.3 is 9.47 Å². The Morgan fingerprint density at radius 1 is 0.917 bits per heavy atom. The van der Waals surface area contributed by atoms with Crippen LogP contribution in [0.25, 0.3) is 17.2 Å². The van der Waals surface area contributed by atoms with Crippen LogP contribution in [-0.2, 0) is 9.47 Å². The first kappa shape index (κ1) is 17.0. The van der Waals surface area contributed by atoms with Crippen LogP contribution in [0.5, 0.6) is 0 Å². The van der Waals surface area contributed by atoms with Crippen molar-refractivity contribution in [2.24, 2.45) is 0 Å². The Hall–Kier alpha value is -3.39. The molecule has 0 aliphatic carbocycles. The van der Waals surface area contributed by atoms with Gasteiger partial charge in [0.15, 0.2) is 0 Å². The second-order valence-corrected chi connectivity index (χ2v) is 4.76. The van der Waals surface area contributed by atoms with Crippen LogP contribution < -0.4 is 0 Å². The summed E-state index contributed by atoms with van der Waals surface area (Å²) >= 11 is 0. The summed E-state index contributed by atoms with van der Waals surface area (Å²) in [5.74, 6) is -1.01. The summed E-state index contributed by atoms with van der Waals surface area (Å²) in [6.45, 7) is 0. The third-order valence-electron chi connectivity index (χ3n) is 3.46. The van der Waals surface area contributed by atoms with Gasteiger partial charge >= 0.3 is 11.9 Å². The number of ether oxygens (including phenoxy) is 2. The number of rotatable bonds is 4. The highest BCUT2D eigenvalue weighted by Crippen LogP contribution is 2.31. The minimum Gasteiger partial charge on any atom is -0.465 e. The van der Waals surface area contributed by atoms with Gasteiger partial charge in [0.05, 0.1) is 31.4 Å². The van der Waals surface area contributed by atoms with Crippen LogP contribution in [0.15, 0.2) is 48.5 Å². The molecule has 0 spiro atoms. The Kier molecular flexibility index (Phi) is 5.48. The first-order chi connectivity index (χ1) is 11.6. The van der Waals surface area contributed by atoms with Crippen molar-refractivity contribution in [3.8, 4) is 17.2 Å². The van der Waals surface area contributed by atoms with E-state index in [0.717, 1.165) is 0 Å². The molecule has 0 N–H and O–H groups in total. The highest BCUT2D eigenvalue weighted by Gasteiger charge is 2.18. The zero-order valence-electron chi connectivity index (χ0n) is 13.3. The first-order valence-corrected chi connectivity index (χ1v) is 7.09. The van der Waals surface area contributed by atoms with Crippen molar-refractivity contribution >= 4 is 18.0 Å². The van der Waals surface area contributed by atoms with Crippen LogP contribution in [0, 0.1) is 11.3 Å². The van der Waals surface area contributed by atoms with E-state index in [0.29, 0.717) is 27.8 Å². The Balaban J connectivity index is 2.76. The number of methoxy groups -OCH3 is 2. The summed E-state index contributed by atoms with van der Waals surface area (Å²) in [5, 5.41) is 8.83. The summed E-state index contributed by atoms with van der Waals surface area (Å²) in [7, 11) is 2.59.